The third-order valence-corrected chi connectivity index (χ3v) is 4.25. The average Bonchev–Trinajstić information content (AvgIpc) is 2.72. The van der Waals surface area contributed by atoms with E-state index in [1.54, 1.807) is 4.57 Å². The van der Waals surface area contributed by atoms with E-state index in [2.05, 4.69) is 5.32 Å². The third-order valence-electron chi connectivity index (χ3n) is 3.97. The van der Waals surface area contributed by atoms with E-state index >= 15 is 0 Å². The predicted molar refractivity (Wildman–Crippen MR) is 77.9 cm³/mol. The van der Waals surface area contributed by atoms with E-state index in [-0.39, 0.29) is 11.7 Å². The van der Waals surface area contributed by atoms with E-state index in [0.29, 0.717) is 5.88 Å². The molecule has 1 atom stereocenters. The zero-order valence-corrected chi connectivity index (χ0v) is 11.8. The number of aromatic nitrogens is 2. The van der Waals surface area contributed by atoms with Gasteiger partial charge in [0.2, 0.25) is 0 Å². The summed E-state index contributed by atoms with van der Waals surface area (Å²) < 4.78 is 3.65. The largest absolute Gasteiger partial charge is 0.329 e. The molecular weight excluding hydrogens is 262 g/mol. The number of rotatable bonds is 2. The maximum Gasteiger partial charge on any atom is 0.329 e. The minimum atomic E-state index is 0.0567. The van der Waals surface area contributed by atoms with Gasteiger partial charge in [0.05, 0.1) is 17.1 Å². The summed E-state index contributed by atoms with van der Waals surface area (Å²) in [5.74, 6) is 0.428. The Bertz CT molecular complexity index is 652. The van der Waals surface area contributed by atoms with Gasteiger partial charge in [0, 0.05) is 19.5 Å². The van der Waals surface area contributed by atoms with Crippen molar-refractivity contribution in [3.8, 4) is 0 Å². The molecule has 4 nitrogen and oxygen atoms in total. The molecule has 1 saturated heterocycles. The molecule has 1 aromatic heterocycles. The van der Waals surface area contributed by atoms with Crippen molar-refractivity contribution in [3.63, 3.8) is 0 Å². The minimum absolute atomic E-state index is 0.0567. The van der Waals surface area contributed by atoms with Gasteiger partial charge in [-0.25, -0.2) is 4.79 Å². The standard InChI is InChI=1S/C14H18ClN3O/c1-17-13-10(8-15)4-2-6-12(13)18(14(17)19)11-5-3-7-16-9-11/h2,4,6,11,16H,3,5,7-9H2,1H3. The Labute approximate surface area is 117 Å². The van der Waals surface area contributed by atoms with Crippen LogP contribution in [0.4, 0.5) is 0 Å². The number of imidazole rings is 1. The smallest absolute Gasteiger partial charge is 0.315 e. The van der Waals surface area contributed by atoms with Crippen LogP contribution in [0.1, 0.15) is 24.4 Å². The maximum absolute atomic E-state index is 12.5. The van der Waals surface area contributed by atoms with E-state index in [4.69, 9.17) is 11.6 Å². The molecule has 0 spiro atoms. The Morgan fingerprint density at radius 1 is 1.47 bits per heavy atom. The topological polar surface area (TPSA) is 39.0 Å². The number of para-hydroxylation sites is 1. The SMILES string of the molecule is Cn1c(=O)n(C2CCCNC2)c2cccc(CCl)c21. The second-order valence-corrected chi connectivity index (χ2v) is 5.40. The molecule has 0 aliphatic carbocycles. The molecule has 1 aromatic carbocycles. The fourth-order valence-corrected chi connectivity index (χ4v) is 3.25. The summed E-state index contributed by atoms with van der Waals surface area (Å²) in [5.41, 5.74) is 3.04. The fourth-order valence-electron chi connectivity index (χ4n) is 3.03. The first kappa shape index (κ1) is 12.8. The van der Waals surface area contributed by atoms with Gasteiger partial charge in [-0.1, -0.05) is 12.1 Å². The van der Waals surface area contributed by atoms with Crippen LogP contribution in [-0.4, -0.2) is 22.2 Å². The Balaban J connectivity index is 2.24. The molecule has 5 heteroatoms. The lowest BCUT2D eigenvalue weighted by molar-refractivity contribution is 0.369. The Morgan fingerprint density at radius 2 is 2.32 bits per heavy atom. The van der Waals surface area contributed by atoms with Gasteiger partial charge in [-0.3, -0.25) is 9.13 Å². The van der Waals surface area contributed by atoms with Crippen LogP contribution in [0.25, 0.3) is 11.0 Å². The van der Waals surface area contributed by atoms with Crippen molar-refractivity contribution in [3.05, 3.63) is 34.2 Å². The molecule has 0 saturated carbocycles. The van der Waals surface area contributed by atoms with Crippen molar-refractivity contribution >= 4 is 22.6 Å². The van der Waals surface area contributed by atoms with Crippen molar-refractivity contribution in [2.75, 3.05) is 13.1 Å². The van der Waals surface area contributed by atoms with Crippen molar-refractivity contribution < 1.29 is 0 Å². The first-order valence-electron chi connectivity index (χ1n) is 6.69. The number of nitrogens with one attached hydrogen (secondary N) is 1. The highest BCUT2D eigenvalue weighted by atomic mass is 35.5. The number of benzene rings is 1. The quantitative estimate of drug-likeness (QED) is 0.854. The van der Waals surface area contributed by atoms with Gasteiger partial charge < -0.3 is 5.32 Å². The molecule has 1 unspecified atom stereocenters. The van der Waals surface area contributed by atoms with Gasteiger partial charge >= 0.3 is 5.69 Å². The summed E-state index contributed by atoms with van der Waals surface area (Å²) in [4.78, 5) is 12.5. The van der Waals surface area contributed by atoms with Crippen LogP contribution in [0.2, 0.25) is 0 Å². The van der Waals surface area contributed by atoms with Crippen LogP contribution in [0.5, 0.6) is 0 Å². The lowest BCUT2D eigenvalue weighted by Gasteiger charge is -2.24. The molecular formula is C14H18ClN3O. The van der Waals surface area contributed by atoms with Gasteiger partial charge in [-0.2, -0.15) is 0 Å². The van der Waals surface area contributed by atoms with Crippen LogP contribution in [0.3, 0.4) is 0 Å². The average molecular weight is 280 g/mol. The lowest BCUT2D eigenvalue weighted by atomic mass is 10.1. The van der Waals surface area contributed by atoms with Crippen LogP contribution in [0.15, 0.2) is 23.0 Å². The molecule has 1 N–H and O–H groups in total. The van der Waals surface area contributed by atoms with Crippen LogP contribution >= 0.6 is 11.6 Å². The van der Waals surface area contributed by atoms with E-state index in [9.17, 15) is 4.79 Å². The number of nitrogens with zero attached hydrogens (tertiary/aromatic N) is 2. The van der Waals surface area contributed by atoms with Crippen molar-refractivity contribution in [2.24, 2.45) is 7.05 Å². The molecule has 1 aliphatic heterocycles. The molecule has 1 fully saturated rings. The highest BCUT2D eigenvalue weighted by molar-refractivity contribution is 6.17. The van der Waals surface area contributed by atoms with Crippen LogP contribution in [0, 0.1) is 0 Å². The second-order valence-electron chi connectivity index (χ2n) is 5.13. The zero-order chi connectivity index (χ0) is 13.4. The van der Waals surface area contributed by atoms with Crippen molar-refractivity contribution in [1.82, 2.24) is 14.5 Å². The number of hydrogen-bond acceptors (Lipinski definition) is 2. The first-order valence-corrected chi connectivity index (χ1v) is 7.23. The number of alkyl halides is 1. The van der Waals surface area contributed by atoms with Gasteiger partial charge in [0.25, 0.3) is 0 Å². The zero-order valence-electron chi connectivity index (χ0n) is 11.0. The molecule has 102 valence electrons. The predicted octanol–water partition coefficient (Wildman–Crippen LogP) is 2.00. The third kappa shape index (κ3) is 1.99. The fraction of sp³-hybridized carbons (Fsp3) is 0.500. The summed E-state index contributed by atoms with van der Waals surface area (Å²) in [7, 11) is 1.83. The van der Waals surface area contributed by atoms with E-state index in [1.807, 2.05) is 29.8 Å². The molecule has 0 amide bonds. The maximum atomic E-state index is 12.5. The van der Waals surface area contributed by atoms with Gasteiger partial charge in [-0.15, -0.1) is 11.6 Å². The monoisotopic (exact) mass is 279 g/mol. The molecule has 19 heavy (non-hydrogen) atoms. The summed E-state index contributed by atoms with van der Waals surface area (Å²) in [6.45, 7) is 1.91. The Kier molecular flexibility index (Phi) is 3.37. The number of halogens is 1. The van der Waals surface area contributed by atoms with E-state index < -0.39 is 0 Å². The molecule has 0 bridgehead atoms. The number of fused-ring (bicyclic) bond motifs is 1. The number of aryl methyl sites for hydroxylation is 1. The molecule has 3 rings (SSSR count). The van der Waals surface area contributed by atoms with Gasteiger partial charge in [0.15, 0.2) is 0 Å². The van der Waals surface area contributed by atoms with Crippen LogP contribution in [-0.2, 0) is 12.9 Å². The Hall–Kier alpha value is -1.26. The van der Waals surface area contributed by atoms with E-state index in [1.165, 1.54) is 0 Å². The summed E-state index contributed by atoms with van der Waals surface area (Å²) in [6.07, 6.45) is 2.17. The van der Waals surface area contributed by atoms with Gasteiger partial charge in [-0.05, 0) is 31.0 Å². The number of hydrogen-bond donors (Lipinski definition) is 1. The second kappa shape index (κ2) is 5.02. The van der Waals surface area contributed by atoms with Crippen LogP contribution < -0.4 is 11.0 Å². The molecule has 0 radical (unpaired) electrons. The summed E-state index contributed by atoms with van der Waals surface area (Å²) >= 11 is 5.99. The first-order chi connectivity index (χ1) is 9.24. The van der Waals surface area contributed by atoms with E-state index in [0.717, 1.165) is 42.5 Å². The normalized spacial score (nSPS) is 20.0. The Morgan fingerprint density at radius 3 is 3.00 bits per heavy atom. The lowest BCUT2D eigenvalue weighted by Crippen LogP contribution is -2.36. The van der Waals surface area contributed by atoms with Crippen molar-refractivity contribution in [2.45, 2.75) is 24.8 Å². The number of piperidine rings is 1. The summed E-state index contributed by atoms with van der Waals surface area (Å²) in [6, 6.07) is 6.22. The molecule has 2 heterocycles. The molecule has 2 aromatic rings. The highest BCUT2D eigenvalue weighted by Crippen LogP contribution is 2.24. The molecule has 1 aliphatic rings. The van der Waals surface area contributed by atoms with Crippen molar-refractivity contribution in [1.29, 1.82) is 0 Å². The van der Waals surface area contributed by atoms with Gasteiger partial charge in [0.1, 0.15) is 0 Å². The highest BCUT2D eigenvalue weighted by Gasteiger charge is 2.21. The summed E-state index contributed by atoms with van der Waals surface area (Å²) in [5, 5.41) is 3.37. The minimum Gasteiger partial charge on any atom is -0.315 e.